The summed E-state index contributed by atoms with van der Waals surface area (Å²) in [6.45, 7) is 0.766. The molecule has 0 amide bonds. The second kappa shape index (κ2) is 9.17. The molecule has 0 aliphatic rings. The van der Waals surface area contributed by atoms with Crippen molar-refractivity contribution in [1.29, 1.82) is 0 Å². The Labute approximate surface area is 190 Å². The average molecular weight is 468 g/mol. The second-order valence-corrected chi connectivity index (χ2v) is 9.77. The summed E-state index contributed by atoms with van der Waals surface area (Å²) < 4.78 is 46.4. The van der Waals surface area contributed by atoms with Crippen LogP contribution in [0.15, 0.2) is 87.0 Å². The van der Waals surface area contributed by atoms with Gasteiger partial charge in [0.05, 0.1) is 21.8 Å². The Hall–Kier alpha value is -3.49. The van der Waals surface area contributed by atoms with Crippen molar-refractivity contribution in [3.05, 3.63) is 84.2 Å². The lowest BCUT2D eigenvalue weighted by Gasteiger charge is -2.15. The summed E-state index contributed by atoms with van der Waals surface area (Å²) in [6, 6.07) is 19.1. The van der Waals surface area contributed by atoms with Crippen molar-refractivity contribution in [2.45, 2.75) is 22.8 Å². The van der Waals surface area contributed by atoms with Gasteiger partial charge in [0.2, 0.25) is 9.84 Å². The topological polar surface area (TPSA) is 87.8 Å². The maximum Gasteiger partial charge on any atom is 0.304 e. The van der Waals surface area contributed by atoms with E-state index in [1.165, 1.54) is 30.3 Å². The van der Waals surface area contributed by atoms with Gasteiger partial charge in [-0.05, 0) is 61.1 Å². The number of furan rings is 1. The molecule has 170 valence electrons. The van der Waals surface area contributed by atoms with E-state index in [0.29, 0.717) is 35.4 Å². The Bertz CT molecular complexity index is 1410. The van der Waals surface area contributed by atoms with Crippen LogP contribution in [0, 0.1) is 5.82 Å². The van der Waals surface area contributed by atoms with E-state index in [4.69, 9.17) is 9.52 Å². The van der Waals surface area contributed by atoms with Gasteiger partial charge < -0.3 is 14.4 Å². The fourth-order valence-electron chi connectivity index (χ4n) is 3.59. The summed E-state index contributed by atoms with van der Waals surface area (Å²) in [7, 11) is -1.91. The van der Waals surface area contributed by atoms with E-state index in [1.54, 1.807) is 54.4 Å². The highest BCUT2D eigenvalue weighted by molar-refractivity contribution is 7.91. The number of benzene rings is 3. The maximum absolute atomic E-state index is 14.9. The molecule has 0 saturated carbocycles. The van der Waals surface area contributed by atoms with Crippen LogP contribution >= 0.6 is 0 Å². The molecule has 4 rings (SSSR count). The number of rotatable bonds is 8. The summed E-state index contributed by atoms with van der Waals surface area (Å²) in [5.74, 6) is -1.06. The first kappa shape index (κ1) is 22.7. The van der Waals surface area contributed by atoms with Gasteiger partial charge in [0.1, 0.15) is 17.2 Å². The van der Waals surface area contributed by atoms with E-state index < -0.39 is 21.6 Å². The smallest absolute Gasteiger partial charge is 0.304 e. The summed E-state index contributed by atoms with van der Waals surface area (Å²) >= 11 is 0. The van der Waals surface area contributed by atoms with Gasteiger partial charge in [0.25, 0.3) is 0 Å². The zero-order chi connectivity index (χ0) is 23.6. The predicted octanol–water partition coefficient (Wildman–Crippen LogP) is 4.98. The van der Waals surface area contributed by atoms with Crippen LogP contribution in [-0.4, -0.2) is 38.0 Å². The number of carbonyl (C=O) groups is 1. The van der Waals surface area contributed by atoms with E-state index in [0.717, 1.165) is 0 Å². The number of fused-ring (bicyclic) bond motifs is 1. The molecule has 4 aromatic rings. The van der Waals surface area contributed by atoms with Crippen molar-refractivity contribution in [2.75, 3.05) is 13.6 Å². The largest absolute Gasteiger partial charge is 0.481 e. The quantitative estimate of drug-likeness (QED) is 0.393. The Kier molecular flexibility index (Phi) is 6.31. The molecule has 0 fully saturated rings. The lowest BCUT2D eigenvalue weighted by atomic mass is 10.1. The molecule has 0 aliphatic heterocycles. The van der Waals surface area contributed by atoms with Crippen LogP contribution in [0.25, 0.3) is 22.3 Å². The highest BCUT2D eigenvalue weighted by Crippen LogP contribution is 2.32. The van der Waals surface area contributed by atoms with Gasteiger partial charge in [-0.2, -0.15) is 0 Å². The van der Waals surface area contributed by atoms with Crippen LogP contribution < -0.4 is 0 Å². The third kappa shape index (κ3) is 4.97. The Morgan fingerprint density at radius 3 is 2.45 bits per heavy atom. The number of carboxylic acids is 1. The lowest BCUT2D eigenvalue weighted by molar-refractivity contribution is -0.137. The molecule has 0 unspecified atom stereocenters. The first-order valence-corrected chi connectivity index (χ1v) is 11.8. The van der Waals surface area contributed by atoms with Gasteiger partial charge in [0, 0.05) is 18.5 Å². The van der Waals surface area contributed by atoms with Crippen molar-refractivity contribution in [2.24, 2.45) is 0 Å². The number of carboxylic acid groups (broad SMARTS) is 1. The number of halogens is 1. The van der Waals surface area contributed by atoms with Crippen molar-refractivity contribution in [3.8, 4) is 11.3 Å². The molecule has 1 N–H and O–H groups in total. The van der Waals surface area contributed by atoms with Crippen LogP contribution in [0.5, 0.6) is 0 Å². The zero-order valence-electron chi connectivity index (χ0n) is 17.9. The fraction of sp³-hybridized carbons (Fsp3) is 0.160. The molecule has 6 nitrogen and oxygen atoms in total. The fourth-order valence-corrected chi connectivity index (χ4v) is 4.91. The van der Waals surface area contributed by atoms with E-state index in [2.05, 4.69) is 0 Å². The Balaban J connectivity index is 1.60. The van der Waals surface area contributed by atoms with E-state index in [1.807, 2.05) is 0 Å². The SMILES string of the molecule is CN(CCC(=O)O)Cc1ccc(-c2cc3cc(S(=O)(=O)c4ccccc4)ccc3o2)c(F)c1. The third-order valence-electron chi connectivity index (χ3n) is 5.31. The number of nitrogens with zero attached hydrogens (tertiary/aromatic N) is 1. The van der Waals surface area contributed by atoms with E-state index in [9.17, 15) is 17.6 Å². The molecular weight excluding hydrogens is 445 g/mol. The first-order valence-electron chi connectivity index (χ1n) is 10.3. The molecule has 8 heteroatoms. The molecule has 1 aromatic heterocycles. The van der Waals surface area contributed by atoms with Crippen molar-refractivity contribution in [1.82, 2.24) is 4.90 Å². The normalized spacial score (nSPS) is 11.8. The Morgan fingerprint density at radius 1 is 1.00 bits per heavy atom. The minimum absolute atomic E-state index is 0.0119. The van der Waals surface area contributed by atoms with Crippen LogP contribution in [0.3, 0.4) is 0 Å². The zero-order valence-corrected chi connectivity index (χ0v) is 18.7. The monoisotopic (exact) mass is 467 g/mol. The first-order chi connectivity index (χ1) is 15.7. The summed E-state index contributed by atoms with van der Waals surface area (Å²) in [4.78, 5) is 12.8. The minimum atomic E-state index is -3.68. The highest BCUT2D eigenvalue weighted by Gasteiger charge is 2.19. The number of sulfone groups is 1. The molecule has 3 aromatic carbocycles. The molecule has 1 heterocycles. The predicted molar refractivity (Wildman–Crippen MR) is 122 cm³/mol. The molecule has 0 saturated heterocycles. The number of aliphatic carboxylic acids is 1. The van der Waals surface area contributed by atoms with E-state index in [-0.39, 0.29) is 21.8 Å². The standard InChI is InChI=1S/C25H22FNO5S/c1-27(12-11-25(28)29)16-17-7-9-21(22(26)13-17)24-15-18-14-20(8-10-23(18)32-24)33(30,31)19-5-3-2-4-6-19/h2-10,13-15H,11-12,16H2,1H3,(H,28,29). The summed E-state index contributed by atoms with van der Waals surface area (Å²) in [5.41, 5.74) is 1.42. The van der Waals surface area contributed by atoms with Crippen molar-refractivity contribution >= 4 is 26.8 Å². The van der Waals surface area contributed by atoms with Crippen molar-refractivity contribution in [3.63, 3.8) is 0 Å². The van der Waals surface area contributed by atoms with Gasteiger partial charge in [-0.3, -0.25) is 4.79 Å². The molecular formula is C25H22FNO5S. The molecule has 0 atom stereocenters. The second-order valence-electron chi connectivity index (χ2n) is 7.82. The van der Waals surface area contributed by atoms with E-state index >= 15 is 0 Å². The molecule has 0 radical (unpaired) electrons. The van der Waals surface area contributed by atoms with Gasteiger partial charge in [-0.25, -0.2) is 12.8 Å². The van der Waals surface area contributed by atoms with Crippen molar-refractivity contribution < 1.29 is 27.1 Å². The lowest BCUT2D eigenvalue weighted by Crippen LogP contribution is -2.21. The van der Waals surface area contributed by atoms with Gasteiger partial charge in [-0.1, -0.05) is 24.3 Å². The van der Waals surface area contributed by atoms with Gasteiger partial charge in [-0.15, -0.1) is 0 Å². The highest BCUT2D eigenvalue weighted by atomic mass is 32.2. The summed E-state index contributed by atoms with van der Waals surface area (Å²) in [5, 5.41) is 9.34. The number of hydrogen-bond acceptors (Lipinski definition) is 5. The summed E-state index contributed by atoms with van der Waals surface area (Å²) in [6.07, 6.45) is 0.0119. The minimum Gasteiger partial charge on any atom is -0.481 e. The van der Waals surface area contributed by atoms with Crippen LogP contribution in [0.2, 0.25) is 0 Å². The number of hydrogen-bond donors (Lipinski definition) is 1. The van der Waals surface area contributed by atoms with Gasteiger partial charge in [0.15, 0.2) is 0 Å². The molecule has 0 spiro atoms. The average Bonchev–Trinajstić information content (AvgIpc) is 3.21. The molecule has 0 aliphatic carbocycles. The Morgan fingerprint density at radius 2 is 1.76 bits per heavy atom. The maximum atomic E-state index is 14.9. The molecule has 0 bridgehead atoms. The van der Waals surface area contributed by atoms with Crippen LogP contribution in [0.1, 0.15) is 12.0 Å². The molecule has 33 heavy (non-hydrogen) atoms. The van der Waals surface area contributed by atoms with Crippen LogP contribution in [0.4, 0.5) is 4.39 Å². The third-order valence-corrected chi connectivity index (χ3v) is 7.08. The van der Waals surface area contributed by atoms with Crippen LogP contribution in [-0.2, 0) is 21.2 Å². The van der Waals surface area contributed by atoms with Gasteiger partial charge >= 0.3 is 5.97 Å².